The number of imidazole rings is 1. The van der Waals surface area contributed by atoms with Gasteiger partial charge in [-0.3, -0.25) is 9.59 Å². The number of rotatable bonds is 9. The van der Waals surface area contributed by atoms with Crippen LogP contribution in [0.15, 0.2) is 43.0 Å². The lowest BCUT2D eigenvalue weighted by molar-refractivity contribution is -0.144. The Morgan fingerprint density at radius 2 is 2.14 bits per heavy atom. The molecule has 22 heavy (non-hydrogen) atoms. The van der Waals surface area contributed by atoms with Gasteiger partial charge in [-0.25, -0.2) is 4.98 Å². The van der Waals surface area contributed by atoms with E-state index in [9.17, 15) is 9.59 Å². The smallest absolute Gasteiger partial charge is 0.305 e. The van der Waals surface area contributed by atoms with E-state index in [1.54, 1.807) is 36.8 Å². The molecule has 2 rings (SSSR count). The highest BCUT2D eigenvalue weighted by Crippen LogP contribution is 2.15. The Morgan fingerprint density at radius 3 is 2.91 bits per heavy atom. The summed E-state index contributed by atoms with van der Waals surface area (Å²) in [6.45, 7) is 1.28. The van der Waals surface area contributed by atoms with E-state index in [2.05, 4.69) is 4.98 Å². The monoisotopic (exact) mass is 302 g/mol. The van der Waals surface area contributed by atoms with Gasteiger partial charge in [0.05, 0.1) is 25.0 Å². The zero-order valence-electron chi connectivity index (χ0n) is 12.2. The van der Waals surface area contributed by atoms with Gasteiger partial charge in [0.1, 0.15) is 12.4 Å². The van der Waals surface area contributed by atoms with Gasteiger partial charge in [0.2, 0.25) is 0 Å². The van der Waals surface area contributed by atoms with Crippen LogP contribution < -0.4 is 4.74 Å². The summed E-state index contributed by atoms with van der Waals surface area (Å²) >= 11 is 0. The minimum Gasteiger partial charge on any atom is -0.493 e. The fraction of sp³-hybridized carbons (Fsp3) is 0.312. The summed E-state index contributed by atoms with van der Waals surface area (Å²) in [5.41, 5.74) is 0.505. The standard InChI is InChI=1S/C16H18N2O4/c19-12-14-4-1-2-5-15(14)21-10-3-6-16(20)22-11-9-18-8-7-17-13-18/h1-2,4-5,7-8,12-13H,3,6,9-11H2. The highest BCUT2D eigenvalue weighted by atomic mass is 16.5. The van der Waals surface area contributed by atoms with E-state index in [4.69, 9.17) is 9.47 Å². The molecule has 1 heterocycles. The fourth-order valence-corrected chi connectivity index (χ4v) is 1.86. The third-order valence-electron chi connectivity index (χ3n) is 3.00. The van der Waals surface area contributed by atoms with Crippen LogP contribution in [0.5, 0.6) is 5.75 Å². The van der Waals surface area contributed by atoms with Crippen molar-refractivity contribution in [3.8, 4) is 5.75 Å². The van der Waals surface area contributed by atoms with E-state index in [1.165, 1.54) is 0 Å². The van der Waals surface area contributed by atoms with Gasteiger partial charge in [-0.1, -0.05) is 12.1 Å². The second-order valence-electron chi connectivity index (χ2n) is 4.63. The summed E-state index contributed by atoms with van der Waals surface area (Å²) in [6, 6.07) is 6.99. The quantitative estimate of drug-likeness (QED) is 0.403. The average molecular weight is 302 g/mol. The summed E-state index contributed by atoms with van der Waals surface area (Å²) in [4.78, 5) is 26.3. The molecule has 0 spiro atoms. The van der Waals surface area contributed by atoms with Crippen molar-refractivity contribution in [3.63, 3.8) is 0 Å². The predicted octanol–water partition coefficient (Wildman–Crippen LogP) is 2.10. The molecule has 0 saturated carbocycles. The Labute approximate surface area is 128 Å². The van der Waals surface area contributed by atoms with Gasteiger partial charge < -0.3 is 14.0 Å². The summed E-state index contributed by atoms with van der Waals surface area (Å²) in [6.07, 6.45) is 6.73. The number of carbonyl (C=O) groups is 2. The molecule has 6 nitrogen and oxygen atoms in total. The van der Waals surface area contributed by atoms with Gasteiger partial charge in [0.15, 0.2) is 6.29 Å². The maximum atomic E-state index is 11.5. The molecule has 1 aromatic carbocycles. The van der Waals surface area contributed by atoms with Gasteiger partial charge >= 0.3 is 5.97 Å². The molecule has 0 unspecified atom stereocenters. The minimum absolute atomic E-state index is 0.257. The van der Waals surface area contributed by atoms with Crippen LogP contribution in [-0.2, 0) is 16.1 Å². The van der Waals surface area contributed by atoms with E-state index in [0.29, 0.717) is 37.5 Å². The van der Waals surface area contributed by atoms with E-state index < -0.39 is 0 Å². The number of aldehydes is 1. The fourth-order valence-electron chi connectivity index (χ4n) is 1.86. The maximum absolute atomic E-state index is 11.5. The Hall–Kier alpha value is -2.63. The van der Waals surface area contributed by atoms with E-state index in [-0.39, 0.29) is 12.4 Å². The van der Waals surface area contributed by atoms with E-state index in [1.807, 2.05) is 10.8 Å². The first-order valence-electron chi connectivity index (χ1n) is 7.08. The number of esters is 1. The number of ether oxygens (including phenoxy) is 2. The van der Waals surface area contributed by atoms with Crippen molar-refractivity contribution in [2.45, 2.75) is 19.4 Å². The Kier molecular flexibility index (Phi) is 6.17. The first-order chi connectivity index (χ1) is 10.8. The van der Waals surface area contributed by atoms with Crippen LogP contribution in [0.3, 0.4) is 0 Å². The molecule has 0 atom stereocenters. The van der Waals surface area contributed by atoms with Crippen molar-refractivity contribution in [2.75, 3.05) is 13.2 Å². The molecule has 0 fully saturated rings. The number of para-hydroxylation sites is 1. The zero-order chi connectivity index (χ0) is 15.6. The van der Waals surface area contributed by atoms with Crippen molar-refractivity contribution in [3.05, 3.63) is 48.5 Å². The maximum Gasteiger partial charge on any atom is 0.305 e. The molecule has 1 aromatic heterocycles. The lowest BCUT2D eigenvalue weighted by atomic mass is 10.2. The molecule has 0 saturated heterocycles. The molecule has 0 bridgehead atoms. The topological polar surface area (TPSA) is 70.4 Å². The van der Waals surface area contributed by atoms with Crippen LogP contribution in [-0.4, -0.2) is 35.0 Å². The SMILES string of the molecule is O=Cc1ccccc1OCCCC(=O)OCCn1ccnc1. The van der Waals surface area contributed by atoms with Gasteiger partial charge in [0, 0.05) is 18.8 Å². The number of nitrogens with zero attached hydrogens (tertiary/aromatic N) is 2. The van der Waals surface area contributed by atoms with Crippen molar-refractivity contribution in [2.24, 2.45) is 0 Å². The van der Waals surface area contributed by atoms with Gasteiger partial charge in [0.25, 0.3) is 0 Å². The molecule has 0 aliphatic carbocycles. The van der Waals surface area contributed by atoms with E-state index in [0.717, 1.165) is 6.29 Å². The normalized spacial score (nSPS) is 10.2. The Bertz CT molecular complexity index is 596. The largest absolute Gasteiger partial charge is 0.493 e. The third-order valence-corrected chi connectivity index (χ3v) is 3.00. The molecule has 0 aliphatic heterocycles. The average Bonchev–Trinajstić information content (AvgIpc) is 3.05. The molecular formula is C16H18N2O4. The van der Waals surface area contributed by atoms with Crippen molar-refractivity contribution in [1.29, 1.82) is 0 Å². The lowest BCUT2D eigenvalue weighted by Gasteiger charge is -2.08. The number of carbonyl (C=O) groups excluding carboxylic acids is 2. The van der Waals surface area contributed by atoms with Crippen LogP contribution >= 0.6 is 0 Å². The van der Waals surface area contributed by atoms with Crippen LogP contribution in [0.2, 0.25) is 0 Å². The van der Waals surface area contributed by atoms with Crippen LogP contribution in [0.1, 0.15) is 23.2 Å². The van der Waals surface area contributed by atoms with Gasteiger partial charge in [-0.2, -0.15) is 0 Å². The lowest BCUT2D eigenvalue weighted by Crippen LogP contribution is -2.11. The Morgan fingerprint density at radius 1 is 1.27 bits per heavy atom. The second kappa shape index (κ2) is 8.61. The van der Waals surface area contributed by atoms with Crippen molar-refractivity contribution in [1.82, 2.24) is 9.55 Å². The number of hydrogen-bond donors (Lipinski definition) is 0. The van der Waals surface area contributed by atoms with Gasteiger partial charge in [-0.05, 0) is 18.6 Å². The molecule has 0 radical (unpaired) electrons. The summed E-state index contributed by atoms with van der Waals surface area (Å²) in [5, 5.41) is 0. The predicted molar refractivity (Wildman–Crippen MR) is 79.7 cm³/mol. The third kappa shape index (κ3) is 5.05. The highest BCUT2D eigenvalue weighted by Gasteiger charge is 2.05. The van der Waals surface area contributed by atoms with Crippen LogP contribution in [0, 0.1) is 0 Å². The number of aromatic nitrogens is 2. The van der Waals surface area contributed by atoms with Crippen molar-refractivity contribution < 1.29 is 19.1 Å². The molecule has 0 amide bonds. The summed E-state index contributed by atoms with van der Waals surface area (Å²) in [7, 11) is 0. The molecule has 0 N–H and O–H groups in total. The van der Waals surface area contributed by atoms with Crippen LogP contribution in [0.4, 0.5) is 0 Å². The summed E-state index contributed by atoms with van der Waals surface area (Å²) in [5.74, 6) is 0.276. The zero-order valence-corrected chi connectivity index (χ0v) is 12.2. The number of hydrogen-bond acceptors (Lipinski definition) is 5. The number of benzene rings is 1. The molecule has 116 valence electrons. The van der Waals surface area contributed by atoms with Crippen LogP contribution in [0.25, 0.3) is 0 Å². The first kappa shape index (κ1) is 15.8. The Balaban J connectivity index is 1.59. The van der Waals surface area contributed by atoms with Crippen molar-refractivity contribution >= 4 is 12.3 Å². The molecular weight excluding hydrogens is 284 g/mol. The highest BCUT2D eigenvalue weighted by molar-refractivity contribution is 5.79. The first-order valence-corrected chi connectivity index (χ1v) is 7.08. The second-order valence-corrected chi connectivity index (χ2v) is 4.63. The van der Waals surface area contributed by atoms with Gasteiger partial charge in [-0.15, -0.1) is 0 Å². The molecule has 0 aliphatic rings. The summed E-state index contributed by atoms with van der Waals surface area (Å²) < 4.78 is 12.4. The van der Waals surface area contributed by atoms with E-state index >= 15 is 0 Å². The molecule has 2 aromatic rings. The minimum atomic E-state index is -0.257. The molecule has 6 heteroatoms.